The van der Waals surface area contributed by atoms with Crippen LogP contribution >= 0.6 is 11.3 Å². The van der Waals surface area contributed by atoms with Gasteiger partial charge in [-0.25, -0.2) is 4.98 Å². The molecule has 5 nitrogen and oxygen atoms in total. The van der Waals surface area contributed by atoms with Gasteiger partial charge in [0.25, 0.3) is 5.56 Å². The largest absolute Gasteiger partial charge is 0.353 e. The van der Waals surface area contributed by atoms with Crippen LogP contribution in [0.5, 0.6) is 0 Å². The van der Waals surface area contributed by atoms with Gasteiger partial charge in [0.1, 0.15) is 0 Å². The molecule has 120 valence electrons. The first-order valence-corrected chi connectivity index (χ1v) is 8.40. The molecule has 0 aliphatic heterocycles. The van der Waals surface area contributed by atoms with Crippen molar-refractivity contribution in [1.29, 1.82) is 0 Å². The van der Waals surface area contributed by atoms with Crippen LogP contribution in [0.4, 0.5) is 5.13 Å². The Labute approximate surface area is 139 Å². The molecule has 0 aliphatic rings. The van der Waals surface area contributed by atoms with Crippen LogP contribution < -0.4 is 10.9 Å². The van der Waals surface area contributed by atoms with Crippen molar-refractivity contribution in [2.45, 2.75) is 33.2 Å². The molecule has 1 atom stereocenters. The maximum atomic E-state index is 11.8. The second kappa shape index (κ2) is 6.12. The third kappa shape index (κ3) is 3.76. The monoisotopic (exact) mass is 328 g/mol. The fourth-order valence-electron chi connectivity index (χ4n) is 2.50. The topological polar surface area (TPSA) is 59.3 Å². The summed E-state index contributed by atoms with van der Waals surface area (Å²) in [7, 11) is 0. The van der Waals surface area contributed by atoms with E-state index in [1.165, 1.54) is 33.7 Å². The molecule has 0 radical (unpaired) electrons. The van der Waals surface area contributed by atoms with Crippen LogP contribution in [0.3, 0.4) is 0 Å². The van der Waals surface area contributed by atoms with Gasteiger partial charge in [-0.2, -0.15) is 4.52 Å². The first-order valence-electron chi connectivity index (χ1n) is 7.59. The molecule has 0 amide bonds. The van der Waals surface area contributed by atoms with Crippen LogP contribution in [0.25, 0.3) is 4.96 Å². The molecule has 0 aliphatic carbocycles. The van der Waals surface area contributed by atoms with Crippen LogP contribution in [0.2, 0.25) is 0 Å². The highest BCUT2D eigenvalue weighted by atomic mass is 32.1. The summed E-state index contributed by atoms with van der Waals surface area (Å²) in [6, 6.07) is 11.9. The predicted molar refractivity (Wildman–Crippen MR) is 94.0 cm³/mol. The van der Waals surface area contributed by atoms with E-state index in [0.29, 0.717) is 10.1 Å². The van der Waals surface area contributed by atoms with Gasteiger partial charge in [0, 0.05) is 12.3 Å². The molecule has 0 fully saturated rings. The fourth-order valence-corrected chi connectivity index (χ4v) is 3.33. The normalized spacial score (nSPS) is 13.2. The lowest BCUT2D eigenvalue weighted by Crippen LogP contribution is -2.19. The highest BCUT2D eigenvalue weighted by Gasteiger charge is 2.21. The number of benzene rings is 1. The van der Waals surface area contributed by atoms with Crippen molar-refractivity contribution in [3.63, 3.8) is 0 Å². The van der Waals surface area contributed by atoms with E-state index in [4.69, 9.17) is 0 Å². The third-order valence-corrected chi connectivity index (χ3v) is 4.34. The molecular weight excluding hydrogens is 308 g/mol. The summed E-state index contributed by atoms with van der Waals surface area (Å²) in [6.45, 7) is 6.65. The average Bonchev–Trinajstić information content (AvgIpc) is 2.90. The number of nitrogens with zero attached hydrogens (tertiary/aromatic N) is 3. The number of hydrogen-bond acceptors (Lipinski definition) is 5. The van der Waals surface area contributed by atoms with Crippen LogP contribution in [-0.2, 0) is 0 Å². The number of nitrogens with one attached hydrogen (secondary N) is 1. The van der Waals surface area contributed by atoms with Crippen LogP contribution in [0.1, 0.15) is 38.8 Å². The lowest BCUT2D eigenvalue weighted by Gasteiger charge is -2.27. The van der Waals surface area contributed by atoms with Crippen molar-refractivity contribution in [2.75, 3.05) is 5.32 Å². The quantitative estimate of drug-likeness (QED) is 0.792. The number of rotatable bonds is 4. The van der Waals surface area contributed by atoms with E-state index in [-0.39, 0.29) is 17.0 Å². The highest BCUT2D eigenvalue weighted by molar-refractivity contribution is 7.20. The summed E-state index contributed by atoms with van der Waals surface area (Å²) in [5.74, 6) is 0. The summed E-state index contributed by atoms with van der Waals surface area (Å²) in [5.41, 5.74) is 1.22. The van der Waals surface area contributed by atoms with Gasteiger partial charge < -0.3 is 5.32 Å². The van der Waals surface area contributed by atoms with Crippen LogP contribution in [-0.4, -0.2) is 14.6 Å². The van der Waals surface area contributed by atoms with Gasteiger partial charge in [0.2, 0.25) is 10.1 Å². The van der Waals surface area contributed by atoms with Crippen molar-refractivity contribution in [1.82, 2.24) is 14.6 Å². The number of fused-ring (bicyclic) bond motifs is 1. The molecule has 0 bridgehead atoms. The van der Waals surface area contributed by atoms with Crippen molar-refractivity contribution >= 4 is 21.4 Å². The Morgan fingerprint density at radius 3 is 2.61 bits per heavy atom. The second-order valence-electron chi connectivity index (χ2n) is 6.76. The number of hydrogen-bond donors (Lipinski definition) is 1. The molecule has 2 heterocycles. The molecule has 2 aromatic heterocycles. The van der Waals surface area contributed by atoms with Crippen molar-refractivity contribution in [3.8, 4) is 0 Å². The minimum atomic E-state index is -0.161. The minimum absolute atomic E-state index is 0.132. The Balaban J connectivity index is 1.93. The summed E-state index contributed by atoms with van der Waals surface area (Å²) >= 11 is 1.39. The average molecular weight is 328 g/mol. The smallest absolute Gasteiger partial charge is 0.275 e. The molecule has 3 aromatic rings. The van der Waals surface area contributed by atoms with Gasteiger partial charge in [-0.1, -0.05) is 62.4 Å². The molecule has 0 spiro atoms. The Kier molecular flexibility index (Phi) is 4.17. The molecular formula is C17H20N4OS. The molecule has 23 heavy (non-hydrogen) atoms. The van der Waals surface area contributed by atoms with Crippen LogP contribution in [0.15, 0.2) is 47.4 Å². The molecule has 0 saturated heterocycles. The SMILES string of the molecule is CC(C)(C)CC(Nc1nn2c(=O)ccnc2s1)c1ccccc1. The number of anilines is 1. The first-order chi connectivity index (χ1) is 10.9. The maximum Gasteiger partial charge on any atom is 0.275 e. The zero-order valence-corrected chi connectivity index (χ0v) is 14.3. The van der Waals surface area contributed by atoms with Gasteiger partial charge in [-0.3, -0.25) is 4.79 Å². The Morgan fingerprint density at radius 1 is 1.22 bits per heavy atom. The van der Waals surface area contributed by atoms with Gasteiger partial charge >= 0.3 is 0 Å². The van der Waals surface area contributed by atoms with E-state index in [2.05, 4.69) is 48.3 Å². The van der Waals surface area contributed by atoms with Crippen molar-refractivity contribution < 1.29 is 0 Å². The Hall–Kier alpha value is -2.21. The van der Waals surface area contributed by atoms with Gasteiger partial charge in [0.15, 0.2) is 0 Å². The predicted octanol–water partition coefficient (Wildman–Crippen LogP) is 3.74. The molecule has 1 unspecified atom stereocenters. The van der Waals surface area contributed by atoms with Crippen molar-refractivity contribution in [3.05, 3.63) is 58.5 Å². The van der Waals surface area contributed by atoms with Crippen LogP contribution in [0, 0.1) is 5.41 Å². The maximum absolute atomic E-state index is 11.8. The first kappa shape index (κ1) is 15.7. The van der Waals surface area contributed by atoms with E-state index in [0.717, 1.165) is 6.42 Å². The van der Waals surface area contributed by atoms with E-state index >= 15 is 0 Å². The lowest BCUT2D eigenvalue weighted by molar-refractivity contribution is 0.352. The number of aromatic nitrogens is 3. The highest BCUT2D eigenvalue weighted by Crippen LogP contribution is 2.33. The lowest BCUT2D eigenvalue weighted by atomic mass is 9.85. The molecule has 6 heteroatoms. The third-order valence-electron chi connectivity index (χ3n) is 3.49. The van der Waals surface area contributed by atoms with Gasteiger partial charge in [-0.15, -0.1) is 5.10 Å². The summed E-state index contributed by atoms with van der Waals surface area (Å²) < 4.78 is 1.34. The summed E-state index contributed by atoms with van der Waals surface area (Å²) in [5, 5.41) is 8.54. The van der Waals surface area contributed by atoms with E-state index < -0.39 is 0 Å². The zero-order chi connectivity index (χ0) is 16.4. The molecule has 3 rings (SSSR count). The Bertz CT molecular complexity index is 848. The van der Waals surface area contributed by atoms with Crippen molar-refractivity contribution in [2.24, 2.45) is 5.41 Å². The molecule has 0 saturated carbocycles. The fraction of sp³-hybridized carbons (Fsp3) is 0.353. The standard InChI is InChI=1S/C17H20N4OS/c1-17(2,3)11-13(12-7-5-4-6-8-12)19-15-20-21-14(22)9-10-18-16(21)23-15/h4-10,13H,11H2,1-3H3,(H,19,20). The van der Waals surface area contributed by atoms with Gasteiger partial charge in [0.05, 0.1) is 6.04 Å². The summed E-state index contributed by atoms with van der Waals surface area (Å²) in [4.78, 5) is 16.6. The van der Waals surface area contributed by atoms with E-state index in [1.807, 2.05) is 18.2 Å². The van der Waals surface area contributed by atoms with E-state index in [1.54, 1.807) is 0 Å². The minimum Gasteiger partial charge on any atom is -0.353 e. The molecule has 1 aromatic carbocycles. The molecule has 1 N–H and O–H groups in total. The zero-order valence-electron chi connectivity index (χ0n) is 13.5. The Morgan fingerprint density at radius 2 is 1.96 bits per heavy atom. The summed E-state index contributed by atoms with van der Waals surface area (Å²) in [6.07, 6.45) is 2.47. The second-order valence-corrected chi connectivity index (χ2v) is 7.71. The van der Waals surface area contributed by atoms with Gasteiger partial charge in [-0.05, 0) is 17.4 Å². The van der Waals surface area contributed by atoms with E-state index in [9.17, 15) is 4.79 Å².